The summed E-state index contributed by atoms with van der Waals surface area (Å²) < 4.78 is 6.15. The van der Waals surface area contributed by atoms with Crippen LogP contribution < -0.4 is 0 Å². The molecular weight excluding hydrogens is 328 g/mol. The predicted octanol–water partition coefficient (Wildman–Crippen LogP) is 3.64. The average Bonchev–Trinajstić information content (AvgIpc) is 2.68. The molecule has 0 aromatic heterocycles. The van der Waals surface area contributed by atoms with Crippen LogP contribution >= 0.6 is 0 Å². The van der Waals surface area contributed by atoms with Crippen molar-refractivity contribution in [3.05, 3.63) is 71.8 Å². The molecule has 3 atom stereocenters. The van der Waals surface area contributed by atoms with Gasteiger partial charge in [0, 0.05) is 5.56 Å². The minimum atomic E-state index is -1.45. The molecule has 3 unspecified atom stereocenters. The first-order valence-electron chi connectivity index (χ1n) is 9.18. The van der Waals surface area contributed by atoms with Gasteiger partial charge in [0.05, 0.1) is 0 Å². The fourth-order valence-corrected chi connectivity index (χ4v) is 4.27. The van der Waals surface area contributed by atoms with Crippen molar-refractivity contribution < 1.29 is 19.4 Å². The van der Waals surface area contributed by atoms with Gasteiger partial charge < -0.3 is 9.84 Å². The lowest BCUT2D eigenvalue weighted by Gasteiger charge is -2.56. The van der Waals surface area contributed by atoms with E-state index in [1.54, 1.807) is 36.4 Å². The minimum absolute atomic E-state index is 0.269. The summed E-state index contributed by atoms with van der Waals surface area (Å²) in [7, 11) is 0. The van der Waals surface area contributed by atoms with E-state index < -0.39 is 17.3 Å². The predicted molar refractivity (Wildman–Crippen MR) is 96.8 cm³/mol. The Balaban J connectivity index is 1.70. The van der Waals surface area contributed by atoms with E-state index in [1.807, 2.05) is 24.3 Å². The third-order valence-electron chi connectivity index (χ3n) is 5.64. The van der Waals surface area contributed by atoms with Gasteiger partial charge in [-0.25, -0.2) is 0 Å². The van der Waals surface area contributed by atoms with Gasteiger partial charge in [-0.3, -0.25) is 9.59 Å². The molecule has 26 heavy (non-hydrogen) atoms. The fraction of sp³-hybridized carbons (Fsp3) is 0.364. The molecule has 2 aliphatic heterocycles. The Kier molecular flexibility index (Phi) is 4.25. The van der Waals surface area contributed by atoms with Crippen molar-refractivity contribution in [2.24, 2.45) is 0 Å². The van der Waals surface area contributed by atoms with E-state index >= 15 is 0 Å². The van der Waals surface area contributed by atoms with Gasteiger partial charge in [-0.05, 0) is 31.2 Å². The summed E-state index contributed by atoms with van der Waals surface area (Å²) in [6.07, 6.45) is 2.23. The Morgan fingerprint density at radius 3 is 2.19 bits per heavy atom. The third kappa shape index (κ3) is 2.44. The van der Waals surface area contributed by atoms with Gasteiger partial charge in [-0.2, -0.15) is 0 Å². The third-order valence-corrected chi connectivity index (χ3v) is 5.64. The Labute approximate surface area is 152 Å². The SMILES string of the molecule is O=C(c1ccccc1)C12CCCCCC(C(O)c3ccccc3)(O1)C2=O. The monoisotopic (exact) mass is 350 g/mol. The van der Waals surface area contributed by atoms with Crippen LogP contribution in [0.3, 0.4) is 0 Å². The van der Waals surface area contributed by atoms with Gasteiger partial charge in [0.25, 0.3) is 0 Å². The largest absolute Gasteiger partial charge is 0.385 e. The zero-order chi connectivity index (χ0) is 18.2. The number of ether oxygens (including phenoxy) is 1. The molecule has 1 saturated carbocycles. The van der Waals surface area contributed by atoms with Gasteiger partial charge in [0.15, 0.2) is 11.2 Å². The molecule has 0 radical (unpaired) electrons. The molecule has 1 N–H and O–H groups in total. The quantitative estimate of drug-likeness (QED) is 0.675. The van der Waals surface area contributed by atoms with Crippen LogP contribution in [-0.4, -0.2) is 27.9 Å². The highest BCUT2D eigenvalue weighted by Crippen LogP contribution is 2.53. The van der Waals surface area contributed by atoms with E-state index in [1.165, 1.54) is 0 Å². The van der Waals surface area contributed by atoms with Crippen molar-refractivity contribution in [2.75, 3.05) is 0 Å². The van der Waals surface area contributed by atoms with Gasteiger partial charge in [0.1, 0.15) is 6.10 Å². The van der Waals surface area contributed by atoms with E-state index in [2.05, 4.69) is 0 Å². The highest BCUT2D eigenvalue weighted by Gasteiger charge is 2.71. The van der Waals surface area contributed by atoms with E-state index in [0.29, 0.717) is 24.0 Å². The summed E-state index contributed by atoms with van der Waals surface area (Å²) in [5, 5.41) is 10.9. The van der Waals surface area contributed by atoms with Crippen LogP contribution in [0.1, 0.15) is 54.1 Å². The average molecular weight is 350 g/mol. The highest BCUT2D eigenvalue weighted by molar-refractivity contribution is 6.23. The number of hydrogen-bond acceptors (Lipinski definition) is 4. The molecule has 2 aromatic rings. The van der Waals surface area contributed by atoms with Crippen LogP contribution in [0.25, 0.3) is 0 Å². The molecule has 3 fully saturated rings. The van der Waals surface area contributed by atoms with Crippen molar-refractivity contribution in [3.8, 4) is 0 Å². The number of ketones is 2. The summed E-state index contributed by atoms with van der Waals surface area (Å²) in [5.74, 6) is -0.559. The number of rotatable bonds is 4. The Morgan fingerprint density at radius 2 is 1.54 bits per heavy atom. The van der Waals surface area contributed by atoms with E-state index in [4.69, 9.17) is 4.74 Å². The molecule has 2 heterocycles. The molecule has 0 spiro atoms. The van der Waals surface area contributed by atoms with Crippen LogP contribution in [0, 0.1) is 0 Å². The first-order valence-corrected chi connectivity index (χ1v) is 9.18. The summed E-state index contributed by atoms with van der Waals surface area (Å²) in [4.78, 5) is 26.5. The zero-order valence-corrected chi connectivity index (χ0v) is 14.6. The number of hydrogen-bond donors (Lipinski definition) is 1. The lowest BCUT2D eigenvalue weighted by molar-refractivity contribution is -0.256. The number of carbonyl (C=O) groups is 2. The van der Waals surface area contributed by atoms with Crippen LogP contribution in [0.15, 0.2) is 60.7 Å². The van der Waals surface area contributed by atoms with E-state index in [-0.39, 0.29) is 11.6 Å². The van der Waals surface area contributed by atoms with Crippen molar-refractivity contribution in [1.29, 1.82) is 0 Å². The molecule has 3 aliphatic rings. The fourth-order valence-electron chi connectivity index (χ4n) is 4.27. The molecule has 2 saturated heterocycles. The van der Waals surface area contributed by atoms with Crippen LogP contribution in [0.5, 0.6) is 0 Å². The van der Waals surface area contributed by atoms with E-state index in [9.17, 15) is 14.7 Å². The molecule has 2 bridgehead atoms. The van der Waals surface area contributed by atoms with Crippen LogP contribution in [0.2, 0.25) is 0 Å². The van der Waals surface area contributed by atoms with Gasteiger partial charge in [0.2, 0.25) is 11.6 Å². The molecular formula is C22H22O4. The highest BCUT2D eigenvalue weighted by atomic mass is 16.6. The first-order chi connectivity index (χ1) is 12.6. The number of carbonyl (C=O) groups excluding carboxylic acids is 2. The lowest BCUT2D eigenvalue weighted by atomic mass is 9.64. The molecule has 2 aromatic carbocycles. The second-order valence-corrected chi connectivity index (χ2v) is 7.22. The van der Waals surface area contributed by atoms with Crippen LogP contribution in [0.4, 0.5) is 0 Å². The second kappa shape index (κ2) is 6.45. The summed E-state index contributed by atoms with van der Waals surface area (Å²) in [6.45, 7) is 0. The maximum atomic E-state index is 13.4. The van der Waals surface area contributed by atoms with Crippen LogP contribution in [-0.2, 0) is 9.53 Å². The topological polar surface area (TPSA) is 63.6 Å². The van der Waals surface area contributed by atoms with Gasteiger partial charge in [-0.15, -0.1) is 0 Å². The molecule has 134 valence electrons. The summed E-state index contributed by atoms with van der Waals surface area (Å²) in [6, 6.07) is 17.9. The second-order valence-electron chi connectivity index (χ2n) is 7.22. The lowest BCUT2D eigenvalue weighted by Crippen LogP contribution is -2.75. The van der Waals surface area contributed by atoms with Crippen molar-refractivity contribution >= 4 is 11.6 Å². The molecule has 4 nitrogen and oxygen atoms in total. The summed E-state index contributed by atoms with van der Waals surface area (Å²) in [5.41, 5.74) is -1.64. The molecule has 0 amide bonds. The standard InChI is InChI=1S/C22H22O4/c23-18(16-10-4-1-5-11-16)21-14-8-3-9-15-22(26-21,20(21)25)19(24)17-12-6-2-7-13-17/h1-2,4-7,10-13,18,23H,3,8-9,14-15H2. The van der Waals surface area contributed by atoms with Gasteiger partial charge in [-0.1, -0.05) is 67.1 Å². The number of aliphatic hydroxyl groups excluding tert-OH is 1. The molecule has 5 rings (SSSR count). The number of benzene rings is 2. The van der Waals surface area contributed by atoms with Gasteiger partial charge >= 0.3 is 0 Å². The molecule has 1 aliphatic carbocycles. The maximum Gasteiger partial charge on any atom is 0.207 e. The van der Waals surface area contributed by atoms with E-state index in [0.717, 1.165) is 19.3 Å². The maximum absolute atomic E-state index is 13.4. The van der Waals surface area contributed by atoms with Crippen molar-refractivity contribution in [2.45, 2.75) is 49.4 Å². The Bertz CT molecular complexity index is 817. The normalized spacial score (nSPS) is 29.2. The first kappa shape index (κ1) is 17.1. The minimum Gasteiger partial charge on any atom is -0.385 e. The molecule has 4 heteroatoms. The number of aliphatic hydroxyl groups is 1. The Hall–Kier alpha value is -2.30. The number of fused-ring (bicyclic) bond motifs is 4. The van der Waals surface area contributed by atoms with Crippen molar-refractivity contribution in [1.82, 2.24) is 0 Å². The number of Topliss-reactive ketones (excluding diaryl/α,β-unsaturated/α-hetero) is 2. The smallest absolute Gasteiger partial charge is 0.207 e. The Morgan fingerprint density at radius 1 is 0.923 bits per heavy atom. The van der Waals surface area contributed by atoms with Crippen molar-refractivity contribution in [3.63, 3.8) is 0 Å². The zero-order valence-electron chi connectivity index (χ0n) is 14.6. The summed E-state index contributed by atoms with van der Waals surface area (Å²) >= 11 is 0.